The fourth-order valence-corrected chi connectivity index (χ4v) is 3.83. The lowest BCUT2D eigenvalue weighted by molar-refractivity contribution is -0.264. The standard InChI is InChI=1S/C22H21ClF3NO2/c1-13-8-18(10-19(23)9-13)21(22(24,25)26)11-20(14(2)29-21)17-6-4-16(5-7-17)12-27-15(3)28/h4-10H,11-12H2,1-3H3,(H,27,28). The summed E-state index contributed by atoms with van der Waals surface area (Å²) in [7, 11) is 0. The topological polar surface area (TPSA) is 38.3 Å². The molecule has 1 unspecified atom stereocenters. The van der Waals surface area contributed by atoms with Gasteiger partial charge in [0, 0.05) is 36.0 Å². The molecule has 0 aliphatic carbocycles. The fraction of sp³-hybridized carbons (Fsp3) is 0.318. The summed E-state index contributed by atoms with van der Waals surface area (Å²) in [5.41, 5.74) is 0.148. The fourth-order valence-electron chi connectivity index (χ4n) is 3.54. The molecule has 1 N–H and O–H groups in total. The van der Waals surface area contributed by atoms with Crippen molar-refractivity contribution in [3.8, 4) is 0 Å². The van der Waals surface area contributed by atoms with Crippen LogP contribution in [0.2, 0.25) is 5.02 Å². The van der Waals surface area contributed by atoms with Gasteiger partial charge in [0.15, 0.2) is 0 Å². The van der Waals surface area contributed by atoms with Crippen molar-refractivity contribution in [2.75, 3.05) is 0 Å². The number of allylic oxidation sites excluding steroid dienone is 1. The molecule has 0 radical (unpaired) electrons. The highest BCUT2D eigenvalue weighted by atomic mass is 35.5. The van der Waals surface area contributed by atoms with Gasteiger partial charge >= 0.3 is 6.18 Å². The monoisotopic (exact) mass is 423 g/mol. The van der Waals surface area contributed by atoms with Crippen LogP contribution in [0.3, 0.4) is 0 Å². The molecular weight excluding hydrogens is 403 g/mol. The number of alkyl halides is 3. The van der Waals surface area contributed by atoms with Crippen molar-refractivity contribution in [3.05, 3.63) is 75.5 Å². The van der Waals surface area contributed by atoms with E-state index in [4.69, 9.17) is 16.3 Å². The van der Waals surface area contributed by atoms with Gasteiger partial charge in [-0.3, -0.25) is 4.79 Å². The molecule has 1 aliphatic heterocycles. The molecule has 0 fully saturated rings. The minimum absolute atomic E-state index is 0.00775. The molecule has 0 aromatic heterocycles. The molecule has 0 spiro atoms. The lowest BCUT2D eigenvalue weighted by Gasteiger charge is -2.32. The van der Waals surface area contributed by atoms with E-state index >= 15 is 0 Å². The Hall–Kier alpha value is -2.47. The van der Waals surface area contributed by atoms with Crippen LogP contribution in [0, 0.1) is 6.92 Å². The predicted molar refractivity (Wildman–Crippen MR) is 106 cm³/mol. The van der Waals surface area contributed by atoms with Gasteiger partial charge in [-0.25, -0.2) is 0 Å². The number of rotatable bonds is 4. The molecule has 1 atom stereocenters. The highest BCUT2D eigenvalue weighted by Gasteiger charge is 2.61. The van der Waals surface area contributed by atoms with E-state index in [9.17, 15) is 18.0 Å². The van der Waals surface area contributed by atoms with Crippen LogP contribution in [0.4, 0.5) is 13.2 Å². The predicted octanol–water partition coefficient (Wildman–Crippen LogP) is 5.89. The average molecular weight is 424 g/mol. The summed E-state index contributed by atoms with van der Waals surface area (Å²) >= 11 is 6.03. The molecule has 1 heterocycles. The lowest BCUT2D eigenvalue weighted by atomic mass is 9.85. The van der Waals surface area contributed by atoms with Gasteiger partial charge in [0.25, 0.3) is 0 Å². The third-order valence-corrected chi connectivity index (χ3v) is 5.21. The van der Waals surface area contributed by atoms with Crippen LogP contribution in [0.15, 0.2) is 48.2 Å². The number of ether oxygens (including phenoxy) is 1. The summed E-state index contributed by atoms with van der Waals surface area (Å²) in [6.07, 6.45) is -4.97. The van der Waals surface area contributed by atoms with E-state index in [0.717, 1.165) is 5.56 Å². The van der Waals surface area contributed by atoms with Crippen LogP contribution in [0.1, 0.15) is 42.5 Å². The second-order valence-corrected chi connectivity index (χ2v) is 7.70. The second-order valence-electron chi connectivity index (χ2n) is 7.26. The molecule has 2 aromatic carbocycles. The first-order valence-electron chi connectivity index (χ1n) is 9.09. The minimum Gasteiger partial charge on any atom is -0.477 e. The molecule has 29 heavy (non-hydrogen) atoms. The quantitative estimate of drug-likeness (QED) is 0.665. The summed E-state index contributed by atoms with van der Waals surface area (Å²) in [6.45, 7) is 5.03. The number of carbonyl (C=O) groups excluding carboxylic acids is 1. The number of benzene rings is 2. The molecule has 2 aromatic rings. The summed E-state index contributed by atoms with van der Waals surface area (Å²) < 4.78 is 48.2. The van der Waals surface area contributed by atoms with Crippen molar-refractivity contribution < 1.29 is 22.7 Å². The zero-order valence-electron chi connectivity index (χ0n) is 16.3. The maximum Gasteiger partial charge on any atom is 0.432 e. The number of amides is 1. The molecule has 7 heteroatoms. The number of nitrogens with one attached hydrogen (secondary N) is 1. The Balaban J connectivity index is 1.95. The van der Waals surface area contributed by atoms with Crippen molar-refractivity contribution in [1.82, 2.24) is 5.32 Å². The molecule has 154 valence electrons. The van der Waals surface area contributed by atoms with Gasteiger partial charge in [-0.15, -0.1) is 0 Å². The largest absolute Gasteiger partial charge is 0.477 e. The molecule has 1 amide bonds. The van der Waals surface area contributed by atoms with Crippen LogP contribution < -0.4 is 5.32 Å². The number of halogens is 4. The molecule has 0 saturated heterocycles. The van der Waals surface area contributed by atoms with Crippen molar-refractivity contribution in [3.63, 3.8) is 0 Å². The van der Waals surface area contributed by atoms with E-state index in [-0.39, 0.29) is 28.7 Å². The van der Waals surface area contributed by atoms with Gasteiger partial charge in [-0.2, -0.15) is 13.2 Å². The third kappa shape index (κ3) is 4.27. The molecule has 3 nitrogen and oxygen atoms in total. The summed E-state index contributed by atoms with van der Waals surface area (Å²) in [5, 5.41) is 2.92. The Kier molecular flexibility index (Phi) is 5.68. The van der Waals surface area contributed by atoms with Crippen LogP contribution in [-0.2, 0) is 21.7 Å². The first-order valence-corrected chi connectivity index (χ1v) is 9.46. The Morgan fingerprint density at radius 1 is 1.17 bits per heavy atom. The number of hydrogen-bond acceptors (Lipinski definition) is 2. The maximum absolute atomic E-state index is 14.2. The normalized spacial score (nSPS) is 19.3. The zero-order valence-corrected chi connectivity index (χ0v) is 17.0. The van der Waals surface area contributed by atoms with Crippen molar-refractivity contribution in [2.45, 2.75) is 45.5 Å². The third-order valence-electron chi connectivity index (χ3n) is 4.99. The van der Waals surface area contributed by atoms with Gasteiger partial charge < -0.3 is 10.1 Å². The Labute approximate surface area is 172 Å². The Bertz CT molecular complexity index is 947. The number of carbonyl (C=O) groups is 1. The Morgan fingerprint density at radius 2 is 1.83 bits per heavy atom. The van der Waals surface area contributed by atoms with Crippen molar-refractivity contribution in [2.24, 2.45) is 0 Å². The second kappa shape index (κ2) is 7.75. The minimum atomic E-state index is -4.63. The van der Waals surface area contributed by atoms with E-state index in [1.54, 1.807) is 44.2 Å². The highest BCUT2D eigenvalue weighted by molar-refractivity contribution is 6.30. The van der Waals surface area contributed by atoms with Gasteiger partial charge in [0.2, 0.25) is 11.5 Å². The van der Waals surface area contributed by atoms with E-state index in [0.29, 0.717) is 23.2 Å². The first-order chi connectivity index (χ1) is 13.5. The van der Waals surface area contributed by atoms with Crippen LogP contribution in [0.5, 0.6) is 0 Å². The average Bonchev–Trinajstić information content (AvgIpc) is 2.98. The van der Waals surface area contributed by atoms with Crippen LogP contribution in [-0.4, -0.2) is 12.1 Å². The van der Waals surface area contributed by atoms with Crippen LogP contribution in [0.25, 0.3) is 5.57 Å². The molecule has 3 rings (SSSR count). The van der Waals surface area contributed by atoms with E-state index in [1.165, 1.54) is 19.1 Å². The summed E-state index contributed by atoms with van der Waals surface area (Å²) in [4.78, 5) is 11.0. The van der Waals surface area contributed by atoms with Gasteiger partial charge in [0.1, 0.15) is 0 Å². The first kappa shape index (κ1) is 21.2. The van der Waals surface area contributed by atoms with Gasteiger partial charge in [-0.1, -0.05) is 41.9 Å². The van der Waals surface area contributed by atoms with E-state index in [1.807, 2.05) is 0 Å². The van der Waals surface area contributed by atoms with Gasteiger partial charge in [0.05, 0.1) is 5.76 Å². The molecule has 0 bridgehead atoms. The lowest BCUT2D eigenvalue weighted by Crippen LogP contribution is -2.42. The van der Waals surface area contributed by atoms with Crippen molar-refractivity contribution in [1.29, 1.82) is 0 Å². The molecule has 1 aliphatic rings. The molecular formula is C22H21ClF3NO2. The number of aryl methyl sites for hydroxylation is 1. The zero-order chi connectivity index (χ0) is 21.4. The van der Waals surface area contributed by atoms with Crippen molar-refractivity contribution >= 4 is 23.1 Å². The van der Waals surface area contributed by atoms with Crippen LogP contribution >= 0.6 is 11.6 Å². The summed E-state index contributed by atoms with van der Waals surface area (Å²) in [5.74, 6) is 0.0816. The number of hydrogen-bond donors (Lipinski definition) is 1. The van der Waals surface area contributed by atoms with Gasteiger partial charge in [-0.05, 0) is 42.7 Å². The van der Waals surface area contributed by atoms with E-state index < -0.39 is 11.8 Å². The summed E-state index contributed by atoms with van der Waals surface area (Å²) in [6, 6.07) is 11.4. The molecule has 0 saturated carbocycles. The highest BCUT2D eigenvalue weighted by Crippen LogP contribution is 2.54. The SMILES string of the molecule is CC(=O)NCc1ccc(C2=C(C)OC(c3cc(C)cc(Cl)c3)(C(F)(F)F)C2)cc1. The Morgan fingerprint density at radius 3 is 2.38 bits per heavy atom. The maximum atomic E-state index is 14.2. The smallest absolute Gasteiger partial charge is 0.432 e. The van der Waals surface area contributed by atoms with E-state index in [2.05, 4.69) is 5.32 Å².